The molecule has 0 aliphatic rings. The van der Waals surface area contributed by atoms with Crippen molar-refractivity contribution in [1.82, 2.24) is 0 Å². The molecule has 2 aromatic carbocycles. The summed E-state index contributed by atoms with van der Waals surface area (Å²) < 4.78 is 16.1. The highest BCUT2D eigenvalue weighted by Crippen LogP contribution is 2.34. The van der Waals surface area contributed by atoms with Gasteiger partial charge < -0.3 is 19.9 Å². The quantitative estimate of drug-likeness (QED) is 0.841. The Kier molecular flexibility index (Phi) is 3.57. The predicted octanol–water partition coefficient (Wildman–Crippen LogP) is 3.08. The van der Waals surface area contributed by atoms with Crippen molar-refractivity contribution in [3.8, 4) is 23.0 Å². The minimum absolute atomic E-state index is 0.590. The zero-order valence-corrected chi connectivity index (χ0v) is 10.3. The number of rotatable bonds is 4. The lowest BCUT2D eigenvalue weighted by Crippen LogP contribution is -1.93. The van der Waals surface area contributed by atoms with Crippen molar-refractivity contribution in [2.45, 2.75) is 0 Å². The molecule has 4 nitrogen and oxygen atoms in total. The van der Waals surface area contributed by atoms with Crippen LogP contribution >= 0.6 is 0 Å². The van der Waals surface area contributed by atoms with Gasteiger partial charge in [0.2, 0.25) is 0 Å². The first-order chi connectivity index (χ1) is 8.74. The summed E-state index contributed by atoms with van der Waals surface area (Å²) in [6.45, 7) is 0. The van der Waals surface area contributed by atoms with Crippen LogP contribution in [0.2, 0.25) is 0 Å². The van der Waals surface area contributed by atoms with E-state index in [1.807, 2.05) is 18.2 Å². The van der Waals surface area contributed by atoms with E-state index in [-0.39, 0.29) is 0 Å². The maximum atomic E-state index is 5.81. The van der Waals surface area contributed by atoms with E-state index in [1.165, 1.54) is 0 Å². The van der Waals surface area contributed by atoms with Crippen molar-refractivity contribution in [3.63, 3.8) is 0 Å². The van der Waals surface area contributed by atoms with Crippen LogP contribution in [0.3, 0.4) is 0 Å². The zero-order chi connectivity index (χ0) is 13.0. The molecule has 0 aromatic heterocycles. The van der Waals surface area contributed by atoms with Gasteiger partial charge in [0.15, 0.2) is 11.5 Å². The molecule has 4 heteroatoms. The average Bonchev–Trinajstić information content (AvgIpc) is 2.41. The number of ether oxygens (including phenoxy) is 3. The summed E-state index contributed by atoms with van der Waals surface area (Å²) in [5.41, 5.74) is 6.40. The van der Waals surface area contributed by atoms with E-state index in [4.69, 9.17) is 19.9 Å². The van der Waals surface area contributed by atoms with Crippen molar-refractivity contribution >= 4 is 5.69 Å². The number of anilines is 1. The number of benzene rings is 2. The summed E-state index contributed by atoms with van der Waals surface area (Å²) in [6.07, 6.45) is 0. The number of methoxy groups -OCH3 is 2. The molecule has 0 spiro atoms. The summed E-state index contributed by atoms with van der Waals surface area (Å²) in [5, 5.41) is 0. The average molecular weight is 245 g/mol. The van der Waals surface area contributed by atoms with Gasteiger partial charge in [0.1, 0.15) is 11.5 Å². The Morgan fingerprint density at radius 2 is 1.56 bits per heavy atom. The molecule has 0 aliphatic heterocycles. The van der Waals surface area contributed by atoms with Gasteiger partial charge in [-0.15, -0.1) is 0 Å². The zero-order valence-electron chi connectivity index (χ0n) is 10.3. The van der Waals surface area contributed by atoms with Crippen LogP contribution in [0.25, 0.3) is 0 Å². The number of hydrogen-bond acceptors (Lipinski definition) is 4. The molecule has 0 heterocycles. The summed E-state index contributed by atoms with van der Waals surface area (Å²) in [5.74, 6) is 2.53. The minimum Gasteiger partial charge on any atom is -0.493 e. The van der Waals surface area contributed by atoms with Gasteiger partial charge in [-0.3, -0.25) is 0 Å². The lowest BCUT2D eigenvalue weighted by atomic mass is 10.3. The van der Waals surface area contributed by atoms with Crippen molar-refractivity contribution in [2.75, 3.05) is 20.0 Å². The van der Waals surface area contributed by atoms with Gasteiger partial charge in [0, 0.05) is 6.07 Å². The van der Waals surface area contributed by atoms with Crippen LogP contribution in [0.4, 0.5) is 5.69 Å². The monoisotopic (exact) mass is 245 g/mol. The fraction of sp³-hybridized carbons (Fsp3) is 0.143. The Morgan fingerprint density at radius 1 is 0.833 bits per heavy atom. The smallest absolute Gasteiger partial charge is 0.164 e. The summed E-state index contributed by atoms with van der Waals surface area (Å²) >= 11 is 0. The van der Waals surface area contributed by atoms with Gasteiger partial charge in [-0.25, -0.2) is 0 Å². The van der Waals surface area contributed by atoms with Crippen LogP contribution in [-0.4, -0.2) is 14.2 Å². The van der Waals surface area contributed by atoms with Crippen molar-refractivity contribution in [2.24, 2.45) is 0 Å². The molecule has 0 saturated heterocycles. The number of nitrogens with two attached hydrogens (primary N) is 1. The molecule has 0 fully saturated rings. The van der Waals surface area contributed by atoms with E-state index in [9.17, 15) is 0 Å². The molecule has 0 radical (unpaired) electrons. The maximum absolute atomic E-state index is 5.81. The Hall–Kier alpha value is -2.36. The molecule has 94 valence electrons. The second kappa shape index (κ2) is 5.31. The first kappa shape index (κ1) is 12.1. The van der Waals surface area contributed by atoms with E-state index < -0.39 is 0 Å². The number of para-hydroxylation sites is 2. The normalized spacial score (nSPS) is 9.89. The largest absolute Gasteiger partial charge is 0.493 e. The van der Waals surface area contributed by atoms with Crippen LogP contribution in [0.5, 0.6) is 23.0 Å². The predicted molar refractivity (Wildman–Crippen MR) is 70.5 cm³/mol. The highest BCUT2D eigenvalue weighted by atomic mass is 16.5. The second-order valence-electron chi connectivity index (χ2n) is 3.66. The van der Waals surface area contributed by atoms with Gasteiger partial charge in [0.05, 0.1) is 19.9 Å². The van der Waals surface area contributed by atoms with Crippen LogP contribution in [0, 0.1) is 0 Å². The Labute approximate surface area is 106 Å². The Balaban J connectivity index is 2.27. The topological polar surface area (TPSA) is 53.7 Å². The molecule has 0 aliphatic carbocycles. The first-order valence-electron chi connectivity index (χ1n) is 5.49. The third-order valence-electron chi connectivity index (χ3n) is 2.50. The van der Waals surface area contributed by atoms with E-state index >= 15 is 0 Å². The molecule has 2 N–H and O–H groups in total. The molecule has 0 bridgehead atoms. The molecular formula is C14H15NO3. The first-order valence-corrected chi connectivity index (χ1v) is 5.49. The van der Waals surface area contributed by atoms with Gasteiger partial charge >= 0.3 is 0 Å². The van der Waals surface area contributed by atoms with Crippen molar-refractivity contribution in [3.05, 3.63) is 42.5 Å². The van der Waals surface area contributed by atoms with E-state index in [2.05, 4.69) is 0 Å². The standard InChI is InChI=1S/C14H15NO3/c1-16-13-8-7-10(9-14(13)17-2)18-12-6-4-3-5-11(12)15/h3-9H,15H2,1-2H3. The minimum atomic E-state index is 0.590. The second-order valence-corrected chi connectivity index (χ2v) is 3.66. The lowest BCUT2D eigenvalue weighted by molar-refractivity contribution is 0.352. The number of hydrogen-bond donors (Lipinski definition) is 1. The van der Waals surface area contributed by atoms with Crippen LogP contribution in [0.15, 0.2) is 42.5 Å². The molecular weight excluding hydrogens is 230 g/mol. The Morgan fingerprint density at radius 3 is 2.22 bits per heavy atom. The fourth-order valence-corrected chi connectivity index (χ4v) is 1.58. The summed E-state index contributed by atoms with van der Waals surface area (Å²) in [6, 6.07) is 12.7. The van der Waals surface area contributed by atoms with Gasteiger partial charge in [-0.1, -0.05) is 12.1 Å². The van der Waals surface area contributed by atoms with E-state index in [0.717, 1.165) is 0 Å². The third-order valence-corrected chi connectivity index (χ3v) is 2.50. The highest BCUT2D eigenvalue weighted by molar-refractivity contribution is 5.54. The lowest BCUT2D eigenvalue weighted by Gasteiger charge is -2.11. The maximum Gasteiger partial charge on any atom is 0.164 e. The van der Waals surface area contributed by atoms with Gasteiger partial charge in [0.25, 0.3) is 0 Å². The Bertz CT molecular complexity index is 540. The van der Waals surface area contributed by atoms with Gasteiger partial charge in [-0.05, 0) is 24.3 Å². The van der Waals surface area contributed by atoms with Gasteiger partial charge in [-0.2, -0.15) is 0 Å². The summed E-state index contributed by atoms with van der Waals surface area (Å²) in [4.78, 5) is 0. The van der Waals surface area contributed by atoms with E-state index in [0.29, 0.717) is 28.7 Å². The van der Waals surface area contributed by atoms with Crippen molar-refractivity contribution < 1.29 is 14.2 Å². The SMILES string of the molecule is COc1ccc(Oc2ccccc2N)cc1OC. The molecule has 0 atom stereocenters. The molecule has 2 rings (SSSR count). The highest BCUT2D eigenvalue weighted by Gasteiger charge is 2.07. The molecule has 2 aromatic rings. The van der Waals surface area contributed by atoms with Crippen LogP contribution < -0.4 is 19.9 Å². The fourth-order valence-electron chi connectivity index (χ4n) is 1.58. The number of nitrogen functional groups attached to an aromatic ring is 1. The van der Waals surface area contributed by atoms with Crippen molar-refractivity contribution in [1.29, 1.82) is 0 Å². The molecule has 18 heavy (non-hydrogen) atoms. The molecule has 0 saturated carbocycles. The van der Waals surface area contributed by atoms with Crippen LogP contribution in [0.1, 0.15) is 0 Å². The van der Waals surface area contributed by atoms with E-state index in [1.54, 1.807) is 38.5 Å². The molecule has 0 unspecified atom stereocenters. The summed E-state index contributed by atoms with van der Waals surface area (Å²) in [7, 11) is 3.17. The molecule has 0 amide bonds. The van der Waals surface area contributed by atoms with Crippen LogP contribution in [-0.2, 0) is 0 Å². The third kappa shape index (κ3) is 2.48.